The van der Waals surface area contributed by atoms with E-state index in [1.54, 1.807) is 10.9 Å². The van der Waals surface area contributed by atoms with E-state index in [0.717, 1.165) is 32.5 Å². The van der Waals surface area contributed by atoms with E-state index in [-0.39, 0.29) is 10.8 Å². The van der Waals surface area contributed by atoms with Gasteiger partial charge in [0.2, 0.25) is 10.0 Å². The molecule has 7 nitrogen and oxygen atoms in total. The summed E-state index contributed by atoms with van der Waals surface area (Å²) in [5, 5.41) is 7.35. The molecule has 0 radical (unpaired) electrons. The molecule has 1 aliphatic heterocycles. The second-order valence-electron chi connectivity index (χ2n) is 5.27. The van der Waals surface area contributed by atoms with Crippen LogP contribution in [0.25, 0.3) is 0 Å². The molecule has 1 fully saturated rings. The van der Waals surface area contributed by atoms with Crippen LogP contribution in [-0.4, -0.2) is 51.0 Å². The van der Waals surface area contributed by atoms with E-state index in [1.807, 2.05) is 0 Å². The largest absolute Gasteiger partial charge is 0.381 e. The van der Waals surface area contributed by atoms with E-state index in [1.165, 1.54) is 6.20 Å². The van der Waals surface area contributed by atoms with Crippen molar-refractivity contribution in [3.05, 3.63) is 12.4 Å². The minimum atomic E-state index is -3.47. The first kappa shape index (κ1) is 16.4. The van der Waals surface area contributed by atoms with Crippen molar-refractivity contribution in [3.63, 3.8) is 0 Å². The monoisotopic (exact) mass is 316 g/mol. The number of hydrogen-bond acceptors (Lipinski definition) is 5. The zero-order valence-electron chi connectivity index (χ0n) is 12.4. The Balaban J connectivity index is 1.83. The minimum Gasteiger partial charge on any atom is -0.381 e. The highest BCUT2D eigenvalue weighted by Gasteiger charge is 2.21. The zero-order chi connectivity index (χ0) is 15.1. The fourth-order valence-electron chi connectivity index (χ4n) is 2.16. The molecule has 1 saturated heterocycles. The Hall–Kier alpha value is -0.960. The van der Waals surface area contributed by atoms with Gasteiger partial charge in [0.15, 0.2) is 0 Å². The number of ether oxygens (including phenoxy) is 1. The third kappa shape index (κ3) is 5.06. The Morgan fingerprint density at radius 1 is 1.48 bits per heavy atom. The molecule has 0 amide bonds. The first-order chi connectivity index (χ1) is 10.1. The second-order valence-corrected chi connectivity index (χ2v) is 7.04. The van der Waals surface area contributed by atoms with Gasteiger partial charge in [0.25, 0.3) is 0 Å². The Labute approximate surface area is 126 Å². The van der Waals surface area contributed by atoms with E-state index in [2.05, 4.69) is 22.1 Å². The van der Waals surface area contributed by atoms with Crippen LogP contribution in [0.2, 0.25) is 0 Å². The van der Waals surface area contributed by atoms with Crippen LogP contribution in [-0.2, 0) is 21.3 Å². The normalized spacial score (nSPS) is 19.2. The van der Waals surface area contributed by atoms with Crippen molar-refractivity contribution in [1.29, 1.82) is 0 Å². The van der Waals surface area contributed by atoms with Crippen LogP contribution in [0.5, 0.6) is 0 Å². The van der Waals surface area contributed by atoms with E-state index in [9.17, 15) is 8.42 Å². The van der Waals surface area contributed by atoms with Gasteiger partial charge >= 0.3 is 0 Å². The minimum absolute atomic E-state index is 0.219. The molecule has 2 rings (SSSR count). The number of rotatable bonds is 9. The maximum Gasteiger partial charge on any atom is 0.243 e. The van der Waals surface area contributed by atoms with Gasteiger partial charge in [-0.1, -0.05) is 6.92 Å². The highest BCUT2D eigenvalue weighted by molar-refractivity contribution is 7.89. The van der Waals surface area contributed by atoms with Crippen LogP contribution in [0.1, 0.15) is 19.8 Å². The van der Waals surface area contributed by atoms with E-state index >= 15 is 0 Å². The maximum absolute atomic E-state index is 12.2. The topological polar surface area (TPSA) is 85.2 Å². The molecule has 0 aliphatic carbocycles. The first-order valence-electron chi connectivity index (χ1n) is 7.42. The molecule has 1 aromatic rings. The van der Waals surface area contributed by atoms with Crippen LogP contribution in [0.15, 0.2) is 17.3 Å². The van der Waals surface area contributed by atoms with Gasteiger partial charge in [-0.3, -0.25) is 4.68 Å². The number of hydrogen-bond donors (Lipinski definition) is 2. The highest BCUT2D eigenvalue weighted by atomic mass is 32.2. The fraction of sp³-hybridized carbons (Fsp3) is 0.769. The summed E-state index contributed by atoms with van der Waals surface area (Å²) in [5.74, 6) is 0.271. The molecule has 0 saturated carbocycles. The highest BCUT2D eigenvalue weighted by Crippen LogP contribution is 2.13. The molecule has 0 bridgehead atoms. The summed E-state index contributed by atoms with van der Waals surface area (Å²) in [6, 6.07) is 0. The lowest BCUT2D eigenvalue weighted by molar-refractivity contribution is 0.186. The van der Waals surface area contributed by atoms with Crippen molar-refractivity contribution in [2.75, 3.05) is 32.8 Å². The van der Waals surface area contributed by atoms with Crippen molar-refractivity contribution >= 4 is 10.0 Å². The van der Waals surface area contributed by atoms with Crippen molar-refractivity contribution in [1.82, 2.24) is 19.8 Å². The molecule has 1 aliphatic rings. The number of nitrogens with one attached hydrogen (secondary N) is 2. The van der Waals surface area contributed by atoms with Gasteiger partial charge < -0.3 is 10.1 Å². The molecule has 1 unspecified atom stereocenters. The van der Waals surface area contributed by atoms with Gasteiger partial charge in [0, 0.05) is 25.9 Å². The number of nitrogens with zero attached hydrogens (tertiary/aromatic N) is 2. The number of aromatic nitrogens is 2. The summed E-state index contributed by atoms with van der Waals surface area (Å²) in [5.41, 5.74) is 0. The lowest BCUT2D eigenvalue weighted by Crippen LogP contribution is -2.29. The summed E-state index contributed by atoms with van der Waals surface area (Å²) in [4.78, 5) is 0.219. The lowest BCUT2D eigenvalue weighted by atomic mass is 10.1. The third-order valence-corrected chi connectivity index (χ3v) is 4.83. The molecule has 2 heterocycles. The Morgan fingerprint density at radius 3 is 3.05 bits per heavy atom. The van der Waals surface area contributed by atoms with Crippen molar-refractivity contribution in [2.45, 2.75) is 31.2 Å². The molecule has 0 aromatic carbocycles. The Morgan fingerprint density at radius 2 is 2.33 bits per heavy atom. The van der Waals surface area contributed by atoms with Gasteiger partial charge in [-0.2, -0.15) is 5.10 Å². The molecule has 8 heteroatoms. The van der Waals surface area contributed by atoms with Crippen LogP contribution in [0.3, 0.4) is 0 Å². The van der Waals surface area contributed by atoms with Gasteiger partial charge in [-0.15, -0.1) is 0 Å². The summed E-state index contributed by atoms with van der Waals surface area (Å²) in [6.45, 7) is 6.27. The Bertz CT molecular complexity index is 523. The summed E-state index contributed by atoms with van der Waals surface area (Å²) in [7, 11) is -3.47. The molecule has 21 heavy (non-hydrogen) atoms. The van der Waals surface area contributed by atoms with Crippen molar-refractivity contribution < 1.29 is 13.2 Å². The SMILES string of the molecule is CCCNCCn1cc(S(=O)(=O)NCC2CCOC2)cn1. The Kier molecular flexibility index (Phi) is 6.16. The van der Waals surface area contributed by atoms with Crippen LogP contribution >= 0.6 is 0 Å². The molecule has 0 spiro atoms. The van der Waals surface area contributed by atoms with E-state index in [0.29, 0.717) is 19.7 Å². The molecule has 2 N–H and O–H groups in total. The first-order valence-corrected chi connectivity index (χ1v) is 8.90. The third-order valence-electron chi connectivity index (χ3n) is 3.45. The molecule has 120 valence electrons. The standard InChI is InChI=1S/C13H24N4O3S/c1-2-4-14-5-6-17-10-13(9-15-17)21(18,19)16-8-12-3-7-20-11-12/h9-10,12,14,16H,2-8,11H2,1H3. The summed E-state index contributed by atoms with van der Waals surface area (Å²) in [6.07, 6.45) is 4.95. The summed E-state index contributed by atoms with van der Waals surface area (Å²) >= 11 is 0. The zero-order valence-corrected chi connectivity index (χ0v) is 13.2. The van der Waals surface area contributed by atoms with Crippen molar-refractivity contribution in [2.24, 2.45) is 5.92 Å². The average molecular weight is 316 g/mol. The smallest absolute Gasteiger partial charge is 0.243 e. The summed E-state index contributed by atoms with van der Waals surface area (Å²) < 4.78 is 33.8. The van der Waals surface area contributed by atoms with E-state index < -0.39 is 10.0 Å². The predicted molar refractivity (Wildman–Crippen MR) is 79.5 cm³/mol. The molecular weight excluding hydrogens is 292 g/mol. The van der Waals surface area contributed by atoms with Crippen LogP contribution < -0.4 is 10.0 Å². The lowest BCUT2D eigenvalue weighted by Gasteiger charge is -2.08. The van der Waals surface area contributed by atoms with Gasteiger partial charge in [-0.25, -0.2) is 13.1 Å². The van der Waals surface area contributed by atoms with Crippen LogP contribution in [0.4, 0.5) is 0 Å². The molecule has 1 aromatic heterocycles. The van der Waals surface area contributed by atoms with Gasteiger partial charge in [0.1, 0.15) is 4.90 Å². The van der Waals surface area contributed by atoms with Crippen LogP contribution in [0, 0.1) is 5.92 Å². The van der Waals surface area contributed by atoms with Gasteiger partial charge in [0.05, 0.1) is 19.3 Å². The fourth-order valence-corrected chi connectivity index (χ4v) is 3.22. The second kappa shape index (κ2) is 7.88. The van der Waals surface area contributed by atoms with Crippen molar-refractivity contribution in [3.8, 4) is 0 Å². The van der Waals surface area contributed by atoms with Gasteiger partial charge in [-0.05, 0) is 25.3 Å². The molecule has 1 atom stereocenters. The van der Waals surface area contributed by atoms with E-state index in [4.69, 9.17) is 4.74 Å². The molecular formula is C13H24N4O3S. The predicted octanol–water partition coefficient (Wildman–Crippen LogP) is 0.198. The average Bonchev–Trinajstić information content (AvgIpc) is 3.13. The maximum atomic E-state index is 12.2. The quantitative estimate of drug-likeness (QED) is 0.636. The number of sulfonamides is 1.